The smallest absolute Gasteiger partial charge is 0.271 e. The molecule has 1 aromatic heterocycles. The number of amides is 1. The average molecular weight is 503 g/mol. The molecule has 184 valence electrons. The second-order valence-corrected chi connectivity index (χ2v) is 13.4. The van der Waals surface area contributed by atoms with Crippen molar-refractivity contribution in [1.29, 1.82) is 0 Å². The second-order valence-electron chi connectivity index (χ2n) is 9.44. The van der Waals surface area contributed by atoms with Crippen LogP contribution >= 0.6 is 0 Å². The standard InChI is InChI=1S/C19H30N6O6S2/c1-19(2)17(26)25(12-13-10-24(11-13)33(4,29)30)16-15(31-19)9-20-18(22-16)21-14-5-7-23(8-6-14)32(3,27)28/h9,13-14H,5-8,10-12H2,1-4H3,(H,20,21,22). The Bertz CT molecular complexity index is 1140. The van der Waals surface area contributed by atoms with Gasteiger partial charge >= 0.3 is 0 Å². The van der Waals surface area contributed by atoms with Gasteiger partial charge in [-0.3, -0.25) is 9.69 Å². The molecule has 4 rings (SSSR count). The number of fused-ring (bicyclic) bond motifs is 1. The first-order valence-electron chi connectivity index (χ1n) is 10.8. The van der Waals surface area contributed by atoms with Gasteiger partial charge in [0.1, 0.15) is 0 Å². The summed E-state index contributed by atoms with van der Waals surface area (Å²) in [4.78, 5) is 23.6. The Labute approximate surface area is 194 Å². The average Bonchev–Trinajstić information content (AvgIpc) is 2.66. The zero-order valence-corrected chi connectivity index (χ0v) is 20.8. The summed E-state index contributed by atoms with van der Waals surface area (Å²) in [7, 11) is -6.45. The minimum absolute atomic E-state index is 0.00102. The number of ether oxygens (including phenoxy) is 1. The van der Waals surface area contributed by atoms with Crippen molar-refractivity contribution in [3.63, 3.8) is 0 Å². The van der Waals surface area contributed by atoms with Crippen LogP contribution in [-0.4, -0.2) is 98.2 Å². The van der Waals surface area contributed by atoms with Gasteiger partial charge in [0, 0.05) is 44.7 Å². The zero-order chi connectivity index (χ0) is 24.2. The molecule has 1 aromatic rings. The lowest BCUT2D eigenvalue weighted by Crippen LogP contribution is -2.59. The van der Waals surface area contributed by atoms with Crippen molar-refractivity contribution in [2.45, 2.75) is 38.3 Å². The number of anilines is 2. The molecular weight excluding hydrogens is 472 g/mol. The predicted octanol–water partition coefficient (Wildman–Crippen LogP) is -0.292. The molecule has 2 saturated heterocycles. The van der Waals surface area contributed by atoms with Gasteiger partial charge in [-0.05, 0) is 26.7 Å². The highest BCUT2D eigenvalue weighted by Crippen LogP contribution is 2.37. The highest BCUT2D eigenvalue weighted by Gasteiger charge is 2.45. The molecule has 3 aliphatic heterocycles. The predicted molar refractivity (Wildman–Crippen MR) is 122 cm³/mol. The van der Waals surface area contributed by atoms with Gasteiger partial charge in [-0.15, -0.1) is 0 Å². The quantitative estimate of drug-likeness (QED) is 0.555. The summed E-state index contributed by atoms with van der Waals surface area (Å²) >= 11 is 0. The maximum Gasteiger partial charge on any atom is 0.271 e. The normalized spacial score (nSPS) is 23.0. The van der Waals surface area contributed by atoms with Crippen molar-refractivity contribution < 1.29 is 26.4 Å². The molecule has 1 N–H and O–H groups in total. The third kappa shape index (κ3) is 5.08. The van der Waals surface area contributed by atoms with E-state index >= 15 is 0 Å². The van der Waals surface area contributed by atoms with Crippen LogP contribution in [0.5, 0.6) is 5.75 Å². The van der Waals surface area contributed by atoms with E-state index in [1.807, 2.05) is 0 Å². The Kier molecular flexibility index (Phi) is 6.08. The van der Waals surface area contributed by atoms with Crippen LogP contribution in [-0.2, 0) is 24.8 Å². The van der Waals surface area contributed by atoms with E-state index in [1.165, 1.54) is 27.3 Å². The Morgan fingerprint density at radius 1 is 1.09 bits per heavy atom. The SMILES string of the molecule is CC1(C)Oc2cnc(NC3CCN(S(C)(=O)=O)CC3)nc2N(CC2CN(S(C)(=O)=O)C2)C1=O. The fourth-order valence-corrected chi connectivity index (χ4v) is 6.12. The minimum Gasteiger partial charge on any atom is -0.472 e. The molecule has 12 nitrogen and oxygen atoms in total. The van der Waals surface area contributed by atoms with Crippen molar-refractivity contribution in [2.24, 2.45) is 5.92 Å². The van der Waals surface area contributed by atoms with E-state index in [2.05, 4.69) is 15.3 Å². The maximum absolute atomic E-state index is 13.1. The summed E-state index contributed by atoms with van der Waals surface area (Å²) in [5, 5.41) is 3.24. The molecule has 4 heterocycles. The first kappa shape index (κ1) is 24.1. The Hall–Kier alpha value is -2.03. The summed E-state index contributed by atoms with van der Waals surface area (Å²) in [5.41, 5.74) is -1.09. The van der Waals surface area contributed by atoms with Crippen molar-refractivity contribution in [3.8, 4) is 5.75 Å². The summed E-state index contributed by atoms with van der Waals surface area (Å²) < 4.78 is 55.5. The van der Waals surface area contributed by atoms with Crippen LogP contribution in [0.15, 0.2) is 6.20 Å². The largest absolute Gasteiger partial charge is 0.472 e. The van der Waals surface area contributed by atoms with Gasteiger partial charge in [-0.1, -0.05) is 0 Å². The van der Waals surface area contributed by atoms with E-state index in [1.54, 1.807) is 18.7 Å². The fraction of sp³-hybridized carbons (Fsp3) is 0.737. The van der Waals surface area contributed by atoms with Gasteiger partial charge in [0.2, 0.25) is 26.0 Å². The molecule has 0 spiro atoms. The van der Waals surface area contributed by atoms with E-state index in [0.29, 0.717) is 63.1 Å². The van der Waals surface area contributed by atoms with Gasteiger partial charge in [-0.2, -0.15) is 4.98 Å². The van der Waals surface area contributed by atoms with E-state index < -0.39 is 25.6 Å². The van der Waals surface area contributed by atoms with Crippen LogP contribution in [0.25, 0.3) is 0 Å². The summed E-state index contributed by atoms with van der Waals surface area (Å²) in [5.74, 6) is 0.814. The molecule has 0 atom stereocenters. The maximum atomic E-state index is 13.1. The summed E-state index contributed by atoms with van der Waals surface area (Å²) in [6, 6.07) is 0.00102. The molecule has 3 aliphatic rings. The van der Waals surface area contributed by atoms with E-state index in [-0.39, 0.29) is 17.9 Å². The molecule has 0 aromatic carbocycles. The summed E-state index contributed by atoms with van der Waals surface area (Å²) in [6.45, 7) is 5.23. The van der Waals surface area contributed by atoms with Gasteiger partial charge in [0.05, 0.1) is 18.7 Å². The van der Waals surface area contributed by atoms with Crippen LogP contribution in [0, 0.1) is 5.92 Å². The molecule has 33 heavy (non-hydrogen) atoms. The van der Waals surface area contributed by atoms with Crippen molar-refractivity contribution in [3.05, 3.63) is 6.20 Å². The molecule has 1 amide bonds. The van der Waals surface area contributed by atoms with E-state index in [9.17, 15) is 21.6 Å². The molecular formula is C19H30N6O6S2. The first-order chi connectivity index (χ1) is 15.2. The van der Waals surface area contributed by atoms with Crippen LogP contribution in [0.4, 0.5) is 11.8 Å². The Morgan fingerprint density at radius 2 is 1.70 bits per heavy atom. The van der Waals surface area contributed by atoms with Gasteiger partial charge < -0.3 is 10.1 Å². The number of aromatic nitrogens is 2. The van der Waals surface area contributed by atoms with E-state index in [4.69, 9.17) is 4.74 Å². The molecule has 0 radical (unpaired) electrons. The summed E-state index contributed by atoms with van der Waals surface area (Å²) in [6.07, 6.45) is 5.14. The number of carbonyl (C=O) groups is 1. The van der Waals surface area contributed by atoms with Crippen LogP contribution in [0.3, 0.4) is 0 Å². The third-order valence-electron chi connectivity index (χ3n) is 6.21. The molecule has 2 fully saturated rings. The number of piperidine rings is 1. The Balaban J connectivity index is 1.49. The highest BCUT2D eigenvalue weighted by molar-refractivity contribution is 7.88. The molecule has 14 heteroatoms. The lowest BCUT2D eigenvalue weighted by Gasteiger charge is -2.43. The van der Waals surface area contributed by atoms with Crippen LogP contribution in [0.2, 0.25) is 0 Å². The van der Waals surface area contributed by atoms with Gasteiger partial charge in [-0.25, -0.2) is 30.4 Å². The minimum atomic E-state index is -3.24. The van der Waals surface area contributed by atoms with Gasteiger partial charge in [0.25, 0.3) is 5.91 Å². The lowest BCUT2D eigenvalue weighted by atomic mass is 9.99. The topological polar surface area (TPSA) is 142 Å². The number of hydrogen-bond acceptors (Lipinski definition) is 9. The first-order valence-corrected chi connectivity index (χ1v) is 14.5. The fourth-order valence-electron chi connectivity index (χ4n) is 4.29. The number of nitrogens with zero attached hydrogens (tertiary/aromatic N) is 5. The van der Waals surface area contributed by atoms with Crippen molar-refractivity contribution in [2.75, 3.05) is 55.5 Å². The third-order valence-corrected chi connectivity index (χ3v) is 8.75. The number of rotatable bonds is 6. The lowest BCUT2D eigenvalue weighted by molar-refractivity contribution is -0.133. The number of nitrogens with one attached hydrogen (secondary N) is 1. The van der Waals surface area contributed by atoms with Crippen molar-refractivity contribution >= 4 is 37.7 Å². The highest BCUT2D eigenvalue weighted by atomic mass is 32.2. The van der Waals surface area contributed by atoms with Gasteiger partial charge in [0.15, 0.2) is 17.2 Å². The number of carbonyl (C=O) groups excluding carboxylic acids is 1. The Morgan fingerprint density at radius 3 is 2.27 bits per heavy atom. The molecule has 0 unspecified atom stereocenters. The molecule has 0 aliphatic carbocycles. The number of hydrogen-bond donors (Lipinski definition) is 1. The number of sulfonamides is 2. The monoisotopic (exact) mass is 502 g/mol. The molecule has 0 bridgehead atoms. The zero-order valence-electron chi connectivity index (χ0n) is 19.2. The second kappa shape index (κ2) is 8.32. The van der Waals surface area contributed by atoms with Crippen molar-refractivity contribution in [1.82, 2.24) is 18.6 Å². The van der Waals surface area contributed by atoms with Crippen LogP contribution in [0.1, 0.15) is 26.7 Å². The van der Waals surface area contributed by atoms with E-state index in [0.717, 1.165) is 0 Å². The molecule has 0 saturated carbocycles. The van der Waals surface area contributed by atoms with Crippen LogP contribution < -0.4 is 15.0 Å².